The van der Waals surface area contributed by atoms with Gasteiger partial charge in [-0.2, -0.15) is 4.31 Å². The lowest BCUT2D eigenvalue weighted by Crippen LogP contribution is -2.58. The SMILES string of the molecule is CC(C)S(=O)(=O)NC[C@H]1CN(S(=O)(=O)c2cccs2)CCN1c1ccc(O)cc1. The lowest BCUT2D eigenvalue weighted by molar-refractivity contribution is 0.331. The number of phenolic OH excluding ortho intramolecular Hbond substituents is 1. The number of nitrogens with one attached hydrogen (secondary N) is 1. The first-order chi connectivity index (χ1) is 13.6. The van der Waals surface area contributed by atoms with Gasteiger partial charge >= 0.3 is 0 Å². The zero-order valence-electron chi connectivity index (χ0n) is 16.2. The summed E-state index contributed by atoms with van der Waals surface area (Å²) in [4.78, 5) is 1.97. The molecule has 0 bridgehead atoms. The van der Waals surface area contributed by atoms with Gasteiger partial charge in [-0.1, -0.05) is 6.07 Å². The average molecular weight is 460 g/mol. The van der Waals surface area contributed by atoms with Crippen LogP contribution in [0.5, 0.6) is 5.75 Å². The molecule has 0 spiro atoms. The van der Waals surface area contributed by atoms with Crippen LogP contribution in [0.25, 0.3) is 0 Å². The van der Waals surface area contributed by atoms with E-state index in [0.29, 0.717) is 6.54 Å². The molecule has 0 unspecified atom stereocenters. The Kier molecular flexibility index (Phi) is 6.54. The summed E-state index contributed by atoms with van der Waals surface area (Å²) < 4.78 is 54.6. The lowest BCUT2D eigenvalue weighted by Gasteiger charge is -2.42. The second-order valence-electron chi connectivity index (χ2n) is 7.10. The van der Waals surface area contributed by atoms with Crippen molar-refractivity contribution in [3.8, 4) is 5.75 Å². The zero-order chi connectivity index (χ0) is 21.2. The van der Waals surface area contributed by atoms with Gasteiger partial charge in [0.1, 0.15) is 9.96 Å². The van der Waals surface area contributed by atoms with Crippen molar-refractivity contribution in [1.29, 1.82) is 0 Å². The Morgan fingerprint density at radius 3 is 2.41 bits per heavy atom. The molecule has 1 aliphatic heterocycles. The molecule has 2 aromatic rings. The number of aromatic hydroxyl groups is 1. The largest absolute Gasteiger partial charge is 0.508 e. The predicted octanol–water partition coefficient (Wildman–Crippen LogP) is 1.66. The van der Waals surface area contributed by atoms with Crippen molar-refractivity contribution >= 4 is 37.1 Å². The van der Waals surface area contributed by atoms with Gasteiger partial charge < -0.3 is 10.0 Å². The summed E-state index contributed by atoms with van der Waals surface area (Å²) in [5.74, 6) is 0.129. The van der Waals surface area contributed by atoms with E-state index in [1.165, 1.54) is 4.31 Å². The maximum atomic E-state index is 12.9. The third kappa shape index (κ3) is 4.92. The smallest absolute Gasteiger partial charge is 0.252 e. The lowest BCUT2D eigenvalue weighted by atomic mass is 10.1. The van der Waals surface area contributed by atoms with Crippen LogP contribution >= 0.6 is 11.3 Å². The number of nitrogens with zero attached hydrogens (tertiary/aromatic N) is 2. The van der Waals surface area contributed by atoms with Crippen LogP contribution in [0, 0.1) is 0 Å². The second kappa shape index (κ2) is 8.60. The summed E-state index contributed by atoms with van der Waals surface area (Å²) in [5.41, 5.74) is 0.796. The van der Waals surface area contributed by atoms with Crippen molar-refractivity contribution in [2.75, 3.05) is 31.1 Å². The molecular weight excluding hydrogens is 434 g/mol. The maximum absolute atomic E-state index is 12.9. The van der Waals surface area contributed by atoms with Crippen LogP contribution in [0.2, 0.25) is 0 Å². The van der Waals surface area contributed by atoms with Crippen molar-refractivity contribution in [3.05, 3.63) is 41.8 Å². The number of anilines is 1. The van der Waals surface area contributed by atoms with Crippen molar-refractivity contribution < 1.29 is 21.9 Å². The molecule has 1 fully saturated rings. The first-order valence-corrected chi connectivity index (χ1v) is 13.1. The van der Waals surface area contributed by atoms with Gasteiger partial charge in [-0.05, 0) is 49.6 Å². The number of hydrogen-bond acceptors (Lipinski definition) is 7. The summed E-state index contributed by atoms with van der Waals surface area (Å²) in [6.45, 7) is 4.11. The molecule has 1 saturated heterocycles. The minimum atomic E-state index is -3.63. The van der Waals surface area contributed by atoms with Gasteiger partial charge in [0.2, 0.25) is 10.0 Å². The van der Waals surface area contributed by atoms with E-state index < -0.39 is 31.3 Å². The van der Waals surface area contributed by atoms with E-state index in [1.54, 1.807) is 55.6 Å². The highest BCUT2D eigenvalue weighted by Gasteiger charge is 2.35. The molecule has 3 rings (SSSR count). The van der Waals surface area contributed by atoms with Crippen LogP contribution < -0.4 is 9.62 Å². The fourth-order valence-electron chi connectivity index (χ4n) is 3.12. The Hall–Kier alpha value is -1.66. The van der Waals surface area contributed by atoms with Gasteiger partial charge in [0, 0.05) is 31.9 Å². The molecule has 1 atom stereocenters. The number of rotatable bonds is 7. The van der Waals surface area contributed by atoms with Crippen LogP contribution in [0.3, 0.4) is 0 Å². The normalized spacial score (nSPS) is 19.0. The molecule has 160 valence electrons. The van der Waals surface area contributed by atoms with Gasteiger partial charge in [0.15, 0.2) is 0 Å². The summed E-state index contributed by atoms with van der Waals surface area (Å²) in [5, 5.41) is 10.7. The van der Waals surface area contributed by atoms with E-state index in [-0.39, 0.29) is 29.6 Å². The van der Waals surface area contributed by atoms with Crippen molar-refractivity contribution in [2.24, 2.45) is 0 Å². The highest BCUT2D eigenvalue weighted by atomic mass is 32.2. The van der Waals surface area contributed by atoms with E-state index in [1.807, 2.05) is 4.90 Å². The minimum Gasteiger partial charge on any atom is -0.508 e. The van der Waals surface area contributed by atoms with Crippen molar-refractivity contribution in [1.82, 2.24) is 9.03 Å². The number of sulfonamides is 2. The van der Waals surface area contributed by atoms with Crippen LogP contribution in [0.15, 0.2) is 46.0 Å². The number of thiophene rings is 1. The van der Waals surface area contributed by atoms with E-state index in [9.17, 15) is 21.9 Å². The highest BCUT2D eigenvalue weighted by molar-refractivity contribution is 7.91. The molecular formula is C18H25N3O5S3. The van der Waals surface area contributed by atoms with Crippen molar-refractivity contribution in [2.45, 2.75) is 29.3 Å². The summed E-state index contributed by atoms with van der Waals surface area (Å²) in [6.07, 6.45) is 0. The third-order valence-corrected chi connectivity index (χ3v) is 9.91. The average Bonchev–Trinajstić information content (AvgIpc) is 3.22. The van der Waals surface area contributed by atoms with E-state index in [4.69, 9.17) is 0 Å². The Labute approximate surface area is 175 Å². The molecule has 0 aliphatic carbocycles. The molecule has 8 nitrogen and oxygen atoms in total. The highest BCUT2D eigenvalue weighted by Crippen LogP contribution is 2.27. The first kappa shape index (κ1) is 22.0. The first-order valence-electron chi connectivity index (χ1n) is 9.19. The number of hydrogen-bond donors (Lipinski definition) is 2. The van der Waals surface area contributed by atoms with Crippen molar-refractivity contribution in [3.63, 3.8) is 0 Å². The van der Waals surface area contributed by atoms with Crippen LogP contribution in [0.4, 0.5) is 5.69 Å². The molecule has 2 N–H and O–H groups in total. The minimum absolute atomic E-state index is 0.0812. The molecule has 1 aromatic carbocycles. The van der Waals surface area contributed by atoms with Gasteiger partial charge in [-0.25, -0.2) is 21.6 Å². The van der Waals surface area contributed by atoms with Gasteiger partial charge in [-0.3, -0.25) is 0 Å². The van der Waals surface area contributed by atoms with Crippen LogP contribution in [-0.4, -0.2) is 63.7 Å². The monoisotopic (exact) mass is 459 g/mol. The van der Waals surface area contributed by atoms with E-state index in [0.717, 1.165) is 17.0 Å². The Balaban J connectivity index is 1.85. The third-order valence-electron chi connectivity index (χ3n) is 4.86. The molecule has 1 aliphatic rings. The van der Waals surface area contributed by atoms with Gasteiger partial charge in [0.25, 0.3) is 10.0 Å². The predicted molar refractivity (Wildman–Crippen MR) is 114 cm³/mol. The molecule has 29 heavy (non-hydrogen) atoms. The number of phenols is 1. The maximum Gasteiger partial charge on any atom is 0.252 e. The van der Waals surface area contributed by atoms with Gasteiger partial charge in [0.05, 0.1) is 11.3 Å². The fraction of sp³-hybridized carbons (Fsp3) is 0.444. The van der Waals surface area contributed by atoms with Gasteiger partial charge in [-0.15, -0.1) is 11.3 Å². The number of piperazine rings is 1. The van der Waals surface area contributed by atoms with E-state index >= 15 is 0 Å². The molecule has 0 amide bonds. The fourth-order valence-corrected chi connectivity index (χ4v) is 6.49. The molecule has 11 heteroatoms. The molecule has 2 heterocycles. The summed E-state index contributed by atoms with van der Waals surface area (Å²) >= 11 is 1.16. The summed E-state index contributed by atoms with van der Waals surface area (Å²) in [6, 6.07) is 9.46. The summed E-state index contributed by atoms with van der Waals surface area (Å²) in [7, 11) is -7.11. The number of benzene rings is 1. The zero-order valence-corrected chi connectivity index (χ0v) is 18.7. The molecule has 0 saturated carbocycles. The molecule has 0 radical (unpaired) electrons. The quantitative estimate of drug-likeness (QED) is 0.652. The van der Waals surface area contributed by atoms with E-state index in [2.05, 4.69) is 4.72 Å². The van der Waals surface area contributed by atoms with Crippen LogP contribution in [0.1, 0.15) is 13.8 Å². The standard InChI is InChI=1S/C18H25N3O5S3/c1-14(2)28(23,24)19-12-16-13-20(29(25,26)18-4-3-11-27-18)9-10-21(16)15-5-7-17(22)8-6-15/h3-8,11,14,16,19,22H,9-10,12-13H2,1-2H3/t16-/m0/s1. The Bertz CT molecular complexity index is 1020. The molecule has 1 aromatic heterocycles. The van der Waals surface area contributed by atoms with Crippen LogP contribution in [-0.2, 0) is 20.0 Å². The Morgan fingerprint density at radius 1 is 1.14 bits per heavy atom. The Morgan fingerprint density at radius 2 is 1.83 bits per heavy atom. The second-order valence-corrected chi connectivity index (χ2v) is 12.5. The topological polar surface area (TPSA) is 107 Å².